The zero-order chi connectivity index (χ0) is 24.1. The minimum Gasteiger partial charge on any atom is -0.497 e. The zero-order valence-corrected chi connectivity index (χ0v) is 20.7. The lowest BCUT2D eigenvalue weighted by Crippen LogP contribution is -2.29. The number of nitrogens with zero attached hydrogens (tertiary/aromatic N) is 2. The van der Waals surface area contributed by atoms with Crippen molar-refractivity contribution >= 4 is 17.7 Å². The van der Waals surface area contributed by atoms with Crippen LogP contribution >= 0.6 is 11.8 Å². The molecule has 0 aliphatic rings. The number of imidazole rings is 1. The molecule has 1 N–H and O–H groups in total. The highest BCUT2D eigenvalue weighted by Gasteiger charge is 2.25. The molecule has 4 aromatic rings. The molecule has 0 saturated heterocycles. The van der Waals surface area contributed by atoms with E-state index in [1.807, 2.05) is 91.4 Å². The van der Waals surface area contributed by atoms with Gasteiger partial charge in [-0.25, -0.2) is 4.98 Å². The first-order valence-electron chi connectivity index (χ1n) is 11.3. The Morgan fingerprint density at radius 3 is 2.50 bits per heavy atom. The van der Waals surface area contributed by atoms with Crippen molar-refractivity contribution in [3.63, 3.8) is 0 Å². The summed E-state index contributed by atoms with van der Waals surface area (Å²) in [5.74, 6) is 1.39. The van der Waals surface area contributed by atoms with Gasteiger partial charge < -0.3 is 14.6 Å². The number of carbonyl (C=O) groups excluding carboxylic acids is 1. The summed E-state index contributed by atoms with van der Waals surface area (Å²) in [7, 11) is 1.64. The monoisotopic (exact) mass is 473 g/mol. The van der Waals surface area contributed by atoms with Crippen molar-refractivity contribution in [2.75, 3.05) is 13.4 Å². The molecule has 34 heavy (non-hydrogen) atoms. The van der Waals surface area contributed by atoms with E-state index in [1.165, 1.54) is 0 Å². The standard InChI is InChI=1S/C28H29N3O2S.H2/c1-5-31-26(28(32)29-19(2)21-13-9-15-23(17-21)33-3)25(22-14-10-16-24(18-22)34-4)30-27(31)20-11-7-6-8-12-20;/h6-19H,5H2,1-4H3,(H,29,32);1H/t19-;/m1./s1. The lowest BCUT2D eigenvalue weighted by atomic mass is 10.1. The van der Waals surface area contributed by atoms with Gasteiger partial charge in [-0.2, -0.15) is 0 Å². The summed E-state index contributed by atoms with van der Waals surface area (Å²) in [4.78, 5) is 19.9. The number of hydrogen-bond donors (Lipinski definition) is 1. The van der Waals surface area contributed by atoms with E-state index in [4.69, 9.17) is 9.72 Å². The summed E-state index contributed by atoms with van der Waals surface area (Å²) in [6, 6.07) is 25.7. The molecule has 1 aromatic heterocycles. The second-order valence-electron chi connectivity index (χ2n) is 7.95. The second kappa shape index (κ2) is 10.6. The van der Waals surface area contributed by atoms with Crippen molar-refractivity contribution in [3.05, 3.63) is 90.1 Å². The molecule has 3 aromatic carbocycles. The van der Waals surface area contributed by atoms with Gasteiger partial charge in [0.2, 0.25) is 0 Å². The average Bonchev–Trinajstić information content (AvgIpc) is 3.29. The van der Waals surface area contributed by atoms with E-state index in [9.17, 15) is 4.79 Å². The highest BCUT2D eigenvalue weighted by atomic mass is 32.2. The van der Waals surface area contributed by atoms with Gasteiger partial charge in [-0.05, 0) is 49.9 Å². The molecule has 176 valence electrons. The van der Waals surface area contributed by atoms with Gasteiger partial charge >= 0.3 is 0 Å². The van der Waals surface area contributed by atoms with Crippen LogP contribution in [0.2, 0.25) is 0 Å². The molecule has 0 radical (unpaired) electrons. The average molecular weight is 474 g/mol. The molecule has 0 fully saturated rings. The Morgan fingerprint density at radius 2 is 1.79 bits per heavy atom. The number of aromatic nitrogens is 2. The highest BCUT2D eigenvalue weighted by molar-refractivity contribution is 7.98. The molecule has 0 spiro atoms. The molecule has 5 nitrogen and oxygen atoms in total. The summed E-state index contributed by atoms with van der Waals surface area (Å²) in [5.41, 5.74) is 4.13. The van der Waals surface area contributed by atoms with Crippen LogP contribution in [0.25, 0.3) is 22.6 Å². The maximum atomic E-state index is 13.7. The summed E-state index contributed by atoms with van der Waals surface area (Å²) in [6.45, 7) is 4.64. The molecular formula is C28H31N3O2S. The third-order valence-corrected chi connectivity index (χ3v) is 6.54. The van der Waals surface area contributed by atoms with Crippen molar-refractivity contribution in [3.8, 4) is 28.4 Å². The number of hydrogen-bond acceptors (Lipinski definition) is 4. The first-order valence-corrected chi connectivity index (χ1v) is 12.5. The van der Waals surface area contributed by atoms with E-state index in [1.54, 1.807) is 18.9 Å². The third-order valence-electron chi connectivity index (χ3n) is 5.82. The lowest BCUT2D eigenvalue weighted by Gasteiger charge is -2.17. The molecule has 0 aliphatic heterocycles. The maximum Gasteiger partial charge on any atom is 0.270 e. The second-order valence-corrected chi connectivity index (χ2v) is 8.83. The SMILES string of the molecule is CCn1c(-c2ccccc2)nc(-c2cccc(SC)c2)c1C(=O)N[C@H](C)c1cccc(OC)c1.[HH]. The van der Waals surface area contributed by atoms with Crippen LogP contribution in [0.15, 0.2) is 83.8 Å². The van der Waals surface area contributed by atoms with Crippen LogP contribution in [0.1, 0.15) is 37.4 Å². The molecule has 1 heterocycles. The maximum absolute atomic E-state index is 13.7. The molecule has 4 rings (SSSR count). The lowest BCUT2D eigenvalue weighted by molar-refractivity contribution is 0.0931. The Hall–Kier alpha value is -3.51. The van der Waals surface area contributed by atoms with Gasteiger partial charge in [-0.15, -0.1) is 11.8 Å². The number of methoxy groups -OCH3 is 1. The predicted octanol–water partition coefficient (Wildman–Crippen LogP) is 6.70. The van der Waals surface area contributed by atoms with Crippen LogP contribution < -0.4 is 10.1 Å². The van der Waals surface area contributed by atoms with Crippen LogP contribution in [0.4, 0.5) is 0 Å². The molecular weight excluding hydrogens is 442 g/mol. The van der Waals surface area contributed by atoms with Gasteiger partial charge in [-0.3, -0.25) is 4.79 Å². The molecule has 0 saturated carbocycles. The van der Waals surface area contributed by atoms with Crippen molar-refractivity contribution < 1.29 is 11.0 Å². The van der Waals surface area contributed by atoms with Gasteiger partial charge in [0.15, 0.2) is 0 Å². The van der Waals surface area contributed by atoms with Crippen molar-refractivity contribution in [2.45, 2.75) is 31.3 Å². The number of rotatable bonds is 8. The first-order chi connectivity index (χ1) is 16.5. The minimum atomic E-state index is -0.201. The number of ether oxygens (including phenoxy) is 1. The Bertz CT molecular complexity index is 1290. The van der Waals surface area contributed by atoms with Crippen LogP contribution in [-0.4, -0.2) is 28.8 Å². The molecule has 0 bridgehead atoms. The zero-order valence-electron chi connectivity index (χ0n) is 19.9. The van der Waals surface area contributed by atoms with Gasteiger partial charge in [0.1, 0.15) is 23.0 Å². The quantitative estimate of drug-likeness (QED) is 0.289. The molecule has 1 atom stereocenters. The van der Waals surface area contributed by atoms with Gasteiger partial charge in [0, 0.05) is 24.0 Å². The van der Waals surface area contributed by atoms with Crippen molar-refractivity contribution in [1.29, 1.82) is 0 Å². The largest absolute Gasteiger partial charge is 0.497 e. The highest BCUT2D eigenvalue weighted by Crippen LogP contribution is 2.32. The Labute approximate surface area is 206 Å². The van der Waals surface area contributed by atoms with Crippen LogP contribution in [0, 0.1) is 0 Å². The molecule has 6 heteroatoms. The Balaban J connectivity index is 0.00000342. The fourth-order valence-corrected chi connectivity index (χ4v) is 4.49. The van der Waals surface area contributed by atoms with Crippen molar-refractivity contribution in [2.24, 2.45) is 0 Å². The van der Waals surface area contributed by atoms with Crippen LogP contribution in [0.3, 0.4) is 0 Å². The number of carbonyl (C=O) groups is 1. The van der Waals surface area contributed by atoms with Crippen LogP contribution in [0.5, 0.6) is 5.75 Å². The van der Waals surface area contributed by atoms with E-state index in [-0.39, 0.29) is 13.4 Å². The van der Waals surface area contributed by atoms with E-state index in [0.29, 0.717) is 17.9 Å². The number of thioether (sulfide) groups is 1. The fraction of sp³-hybridized carbons (Fsp3) is 0.214. The minimum absolute atomic E-state index is 0. The normalized spacial score (nSPS) is 11.8. The summed E-state index contributed by atoms with van der Waals surface area (Å²) >= 11 is 1.67. The van der Waals surface area contributed by atoms with E-state index >= 15 is 0 Å². The molecule has 0 unspecified atom stereocenters. The predicted molar refractivity (Wildman–Crippen MR) is 142 cm³/mol. The molecule has 1 amide bonds. The third kappa shape index (κ3) is 4.87. The van der Waals surface area contributed by atoms with Crippen molar-refractivity contribution in [1.82, 2.24) is 14.9 Å². The Morgan fingerprint density at radius 1 is 1.06 bits per heavy atom. The number of benzene rings is 3. The number of amides is 1. The van der Waals surface area contributed by atoms with Gasteiger partial charge in [0.25, 0.3) is 5.91 Å². The molecule has 0 aliphatic carbocycles. The topological polar surface area (TPSA) is 56.2 Å². The van der Waals surface area contributed by atoms with Crippen LogP contribution in [-0.2, 0) is 6.54 Å². The van der Waals surface area contributed by atoms with E-state index in [2.05, 4.69) is 17.4 Å². The summed E-state index contributed by atoms with van der Waals surface area (Å²) in [5, 5.41) is 3.18. The smallest absolute Gasteiger partial charge is 0.270 e. The van der Waals surface area contributed by atoms with E-state index < -0.39 is 0 Å². The summed E-state index contributed by atoms with van der Waals surface area (Å²) in [6.07, 6.45) is 2.04. The Kier molecular flexibility index (Phi) is 7.38. The van der Waals surface area contributed by atoms with E-state index in [0.717, 1.165) is 33.2 Å². The first kappa shape index (κ1) is 23.6. The summed E-state index contributed by atoms with van der Waals surface area (Å²) < 4.78 is 7.36. The van der Waals surface area contributed by atoms with Gasteiger partial charge in [0.05, 0.1) is 13.2 Å². The fourth-order valence-electron chi connectivity index (χ4n) is 4.03. The number of nitrogens with one attached hydrogen (secondary N) is 1. The van der Waals surface area contributed by atoms with Gasteiger partial charge in [-0.1, -0.05) is 54.6 Å².